The Kier molecular flexibility index (Phi) is 7.89. The number of nitrogens with one attached hydrogen (secondary N) is 2. The molecule has 32 heavy (non-hydrogen) atoms. The Labute approximate surface area is 192 Å². The van der Waals surface area contributed by atoms with Crippen LogP contribution in [-0.4, -0.2) is 74.9 Å². The first-order valence-corrected chi connectivity index (χ1v) is 12.5. The lowest BCUT2D eigenvalue weighted by Crippen LogP contribution is -2.55. The fourth-order valence-corrected chi connectivity index (χ4v) is 5.54. The zero-order valence-corrected chi connectivity index (χ0v) is 19.8. The number of hydrogen-bond acceptors (Lipinski definition) is 4. The number of piperidine rings is 1. The molecule has 1 aromatic carbocycles. The van der Waals surface area contributed by atoms with E-state index in [1.807, 2.05) is 13.0 Å². The Morgan fingerprint density at radius 1 is 1.19 bits per heavy atom. The van der Waals surface area contributed by atoms with Crippen LogP contribution in [0.5, 0.6) is 0 Å². The highest BCUT2D eigenvalue weighted by Crippen LogP contribution is 2.31. The molecule has 0 radical (unpaired) electrons. The molecule has 0 spiro atoms. The summed E-state index contributed by atoms with van der Waals surface area (Å²) < 4.78 is 19.3. The smallest absolute Gasteiger partial charge is 0.191 e. The lowest BCUT2D eigenvalue weighted by Gasteiger charge is -2.43. The minimum atomic E-state index is -0.167. The van der Waals surface area contributed by atoms with Crippen molar-refractivity contribution in [3.63, 3.8) is 0 Å². The summed E-state index contributed by atoms with van der Waals surface area (Å²) in [5.41, 5.74) is 2.27. The van der Waals surface area contributed by atoms with E-state index in [4.69, 9.17) is 9.73 Å². The molecule has 1 aromatic rings. The van der Waals surface area contributed by atoms with E-state index in [1.165, 1.54) is 25.9 Å². The molecule has 0 amide bonds. The highest BCUT2D eigenvalue weighted by molar-refractivity contribution is 5.80. The molecule has 7 heteroatoms. The molecule has 2 N–H and O–H groups in total. The molecule has 6 nitrogen and oxygen atoms in total. The second-order valence-electron chi connectivity index (χ2n) is 9.59. The maximum atomic E-state index is 13.6. The van der Waals surface area contributed by atoms with Crippen molar-refractivity contribution >= 4 is 11.6 Å². The van der Waals surface area contributed by atoms with E-state index in [9.17, 15) is 4.39 Å². The number of aryl methyl sites for hydroxylation is 1. The van der Waals surface area contributed by atoms with Crippen molar-refractivity contribution in [1.29, 1.82) is 0 Å². The number of anilines is 1. The number of rotatable bonds is 6. The second-order valence-corrected chi connectivity index (χ2v) is 9.59. The Morgan fingerprint density at radius 2 is 1.97 bits per heavy atom. The van der Waals surface area contributed by atoms with Gasteiger partial charge in [0.1, 0.15) is 5.82 Å². The van der Waals surface area contributed by atoms with Gasteiger partial charge in [0.2, 0.25) is 0 Å². The van der Waals surface area contributed by atoms with Crippen LogP contribution >= 0.6 is 0 Å². The quantitative estimate of drug-likeness (QED) is 0.520. The van der Waals surface area contributed by atoms with E-state index in [2.05, 4.69) is 27.4 Å². The van der Waals surface area contributed by atoms with E-state index in [0.29, 0.717) is 6.04 Å². The molecule has 178 valence electrons. The zero-order chi connectivity index (χ0) is 22.4. The lowest BCUT2D eigenvalue weighted by molar-refractivity contribution is -0.0139. The van der Waals surface area contributed by atoms with Gasteiger partial charge >= 0.3 is 0 Å². The third-order valence-corrected chi connectivity index (χ3v) is 7.34. The van der Waals surface area contributed by atoms with E-state index < -0.39 is 0 Å². The molecule has 3 aliphatic heterocycles. The zero-order valence-electron chi connectivity index (χ0n) is 19.8. The number of nitrogens with zero attached hydrogens (tertiary/aromatic N) is 3. The van der Waals surface area contributed by atoms with Crippen LogP contribution < -0.4 is 15.5 Å². The first kappa shape index (κ1) is 23.3. The topological polar surface area (TPSA) is 52.1 Å². The largest absolute Gasteiger partial charge is 0.381 e. The maximum Gasteiger partial charge on any atom is 0.191 e. The van der Waals surface area contributed by atoms with Gasteiger partial charge < -0.3 is 20.3 Å². The van der Waals surface area contributed by atoms with Gasteiger partial charge in [0.05, 0.1) is 6.54 Å². The predicted molar refractivity (Wildman–Crippen MR) is 129 cm³/mol. The Hall–Kier alpha value is -1.86. The monoisotopic (exact) mass is 445 g/mol. The van der Waals surface area contributed by atoms with Gasteiger partial charge in [-0.1, -0.05) is 0 Å². The fourth-order valence-electron chi connectivity index (χ4n) is 5.54. The van der Waals surface area contributed by atoms with Crippen LogP contribution in [0.25, 0.3) is 0 Å². The molecule has 0 aliphatic carbocycles. The van der Waals surface area contributed by atoms with Crippen molar-refractivity contribution in [3.8, 4) is 0 Å². The minimum absolute atomic E-state index is 0.140. The van der Waals surface area contributed by atoms with Crippen molar-refractivity contribution < 1.29 is 9.13 Å². The van der Waals surface area contributed by atoms with E-state index in [-0.39, 0.29) is 11.4 Å². The number of aliphatic imine (C=N–C) groups is 1. The summed E-state index contributed by atoms with van der Waals surface area (Å²) in [4.78, 5) is 10.2. The van der Waals surface area contributed by atoms with Crippen molar-refractivity contribution in [3.05, 3.63) is 29.6 Å². The van der Waals surface area contributed by atoms with Gasteiger partial charge in [-0.25, -0.2) is 4.39 Å². The number of guanidine groups is 1. The minimum Gasteiger partial charge on any atom is -0.381 e. The number of ether oxygens (including phenoxy) is 1. The number of halogens is 1. The number of hydrogen-bond donors (Lipinski definition) is 2. The van der Waals surface area contributed by atoms with Gasteiger partial charge in [0.15, 0.2) is 5.96 Å². The summed E-state index contributed by atoms with van der Waals surface area (Å²) in [6.07, 6.45) is 6.96. The molecule has 0 saturated carbocycles. The molecule has 1 unspecified atom stereocenters. The van der Waals surface area contributed by atoms with Crippen LogP contribution in [0.3, 0.4) is 0 Å². The van der Waals surface area contributed by atoms with Crippen LogP contribution in [-0.2, 0) is 4.74 Å². The third kappa shape index (κ3) is 5.54. The maximum absolute atomic E-state index is 13.6. The summed E-state index contributed by atoms with van der Waals surface area (Å²) in [7, 11) is 0. The van der Waals surface area contributed by atoms with Crippen LogP contribution in [0.15, 0.2) is 23.2 Å². The number of benzene rings is 1. The van der Waals surface area contributed by atoms with Gasteiger partial charge in [-0.05, 0) is 89.2 Å². The van der Waals surface area contributed by atoms with Crippen LogP contribution in [0.2, 0.25) is 0 Å². The SMILES string of the molecule is CCNC(=NCC1(N2CCCC2)CCOCC1)NC1CCCN(c2ccc(F)cc2C)C1. The molecular formula is C25H40FN5O. The highest BCUT2D eigenvalue weighted by Gasteiger charge is 2.39. The molecule has 0 bridgehead atoms. The average Bonchev–Trinajstić information content (AvgIpc) is 3.34. The summed E-state index contributed by atoms with van der Waals surface area (Å²) in [6, 6.07) is 5.43. The predicted octanol–water partition coefficient (Wildman–Crippen LogP) is 3.30. The average molecular weight is 446 g/mol. The van der Waals surface area contributed by atoms with Crippen molar-refractivity contribution in [2.75, 3.05) is 57.4 Å². The first-order chi connectivity index (χ1) is 15.6. The van der Waals surface area contributed by atoms with Gasteiger partial charge in [-0.3, -0.25) is 9.89 Å². The van der Waals surface area contributed by atoms with Gasteiger partial charge in [0, 0.05) is 50.1 Å². The van der Waals surface area contributed by atoms with E-state index in [0.717, 1.165) is 82.3 Å². The van der Waals surface area contributed by atoms with Crippen molar-refractivity contribution in [2.45, 2.75) is 64.0 Å². The molecule has 3 saturated heterocycles. The molecule has 1 atom stereocenters. The second kappa shape index (κ2) is 10.8. The third-order valence-electron chi connectivity index (χ3n) is 7.34. The summed E-state index contributed by atoms with van der Waals surface area (Å²) in [5, 5.41) is 7.18. The molecule has 0 aromatic heterocycles. The molecule has 4 rings (SSSR count). The normalized spacial score (nSPS) is 24.5. The highest BCUT2D eigenvalue weighted by atomic mass is 19.1. The van der Waals surface area contributed by atoms with Gasteiger partial charge in [-0.15, -0.1) is 0 Å². The fraction of sp³-hybridized carbons (Fsp3) is 0.720. The van der Waals surface area contributed by atoms with E-state index >= 15 is 0 Å². The lowest BCUT2D eigenvalue weighted by atomic mass is 9.88. The Balaban J connectivity index is 1.43. The van der Waals surface area contributed by atoms with Crippen LogP contribution in [0.1, 0.15) is 51.0 Å². The van der Waals surface area contributed by atoms with Crippen LogP contribution in [0, 0.1) is 12.7 Å². The van der Waals surface area contributed by atoms with Gasteiger partial charge in [0.25, 0.3) is 0 Å². The molecule has 3 heterocycles. The van der Waals surface area contributed by atoms with Gasteiger partial charge in [-0.2, -0.15) is 0 Å². The van der Waals surface area contributed by atoms with Crippen LogP contribution in [0.4, 0.5) is 10.1 Å². The summed E-state index contributed by atoms with van der Waals surface area (Å²) >= 11 is 0. The Bertz CT molecular complexity index is 774. The Morgan fingerprint density at radius 3 is 2.69 bits per heavy atom. The molecule has 3 fully saturated rings. The number of likely N-dealkylation sites (tertiary alicyclic amines) is 1. The molecule has 3 aliphatic rings. The standard InChI is InChI=1S/C25H40FN5O/c1-3-27-24(28-19-25(10-15-32-16-11-25)31-13-4-5-14-31)29-22-7-6-12-30(18-22)23-9-8-21(26)17-20(23)2/h8-9,17,22H,3-7,10-16,18-19H2,1-2H3,(H2,27,28,29). The summed E-state index contributed by atoms with van der Waals surface area (Å²) in [6.45, 7) is 11.7. The summed E-state index contributed by atoms with van der Waals surface area (Å²) in [5.74, 6) is 0.750. The van der Waals surface area contributed by atoms with Crippen molar-refractivity contribution in [1.82, 2.24) is 15.5 Å². The molecular weight excluding hydrogens is 405 g/mol. The van der Waals surface area contributed by atoms with Crippen molar-refractivity contribution in [2.24, 2.45) is 4.99 Å². The first-order valence-electron chi connectivity index (χ1n) is 12.5. The van der Waals surface area contributed by atoms with E-state index in [1.54, 1.807) is 12.1 Å².